The number of halogens is 1. The molecule has 5 nitrogen and oxygen atoms in total. The number of amides is 1. The first-order valence-corrected chi connectivity index (χ1v) is 7.34. The molecule has 0 bridgehead atoms. The topological polar surface area (TPSA) is 51.1 Å². The number of benzene rings is 1. The molecular formula is C15H17ClN2O3. The van der Waals surface area contributed by atoms with Crippen LogP contribution in [0.2, 0.25) is 5.02 Å². The molecular weight excluding hydrogens is 292 g/mol. The number of hydrogen-bond acceptors (Lipinski definition) is 4. The third kappa shape index (κ3) is 2.89. The Morgan fingerprint density at radius 2 is 1.95 bits per heavy atom. The van der Waals surface area contributed by atoms with Gasteiger partial charge in [0, 0.05) is 24.5 Å². The number of hydrogen-bond donors (Lipinski definition) is 0. The molecule has 1 amide bonds. The van der Waals surface area contributed by atoms with Crippen LogP contribution in [-0.4, -0.2) is 48.4 Å². The fourth-order valence-corrected chi connectivity index (χ4v) is 2.68. The summed E-state index contributed by atoms with van der Waals surface area (Å²) >= 11 is 5.88. The number of morpholine rings is 1. The van der Waals surface area contributed by atoms with Gasteiger partial charge in [-0.25, -0.2) is 0 Å². The minimum Gasteiger partial charge on any atom is -0.379 e. The van der Waals surface area contributed by atoms with Crippen molar-refractivity contribution < 1.29 is 14.4 Å². The van der Waals surface area contributed by atoms with E-state index in [9.17, 15) is 4.79 Å². The zero-order valence-corrected chi connectivity index (χ0v) is 12.6. The summed E-state index contributed by atoms with van der Waals surface area (Å²) in [7, 11) is 0. The van der Waals surface area contributed by atoms with Crippen LogP contribution in [0.3, 0.4) is 0 Å². The van der Waals surface area contributed by atoms with Crippen LogP contribution in [0.5, 0.6) is 0 Å². The molecule has 21 heavy (non-hydrogen) atoms. The van der Waals surface area contributed by atoms with E-state index in [1.807, 2.05) is 12.1 Å². The first-order chi connectivity index (χ1) is 10.1. The molecule has 2 aliphatic rings. The summed E-state index contributed by atoms with van der Waals surface area (Å²) in [6.45, 7) is 4.15. The van der Waals surface area contributed by atoms with Gasteiger partial charge in [0.1, 0.15) is 0 Å². The van der Waals surface area contributed by atoms with E-state index in [1.165, 1.54) is 0 Å². The minimum atomic E-state index is -0.924. The molecule has 0 radical (unpaired) electrons. The summed E-state index contributed by atoms with van der Waals surface area (Å²) in [6, 6.07) is 7.38. The van der Waals surface area contributed by atoms with Gasteiger partial charge in [0.05, 0.1) is 18.9 Å². The minimum absolute atomic E-state index is 0.0292. The highest BCUT2D eigenvalue weighted by atomic mass is 35.5. The molecule has 2 aliphatic heterocycles. The molecule has 0 aromatic heterocycles. The summed E-state index contributed by atoms with van der Waals surface area (Å²) < 4.78 is 5.27. The quantitative estimate of drug-likeness (QED) is 0.840. The smallest absolute Gasteiger partial charge is 0.269 e. The molecule has 0 N–H and O–H groups in total. The maximum Gasteiger partial charge on any atom is 0.269 e. The van der Waals surface area contributed by atoms with Crippen molar-refractivity contribution in [2.24, 2.45) is 5.16 Å². The van der Waals surface area contributed by atoms with E-state index in [4.69, 9.17) is 21.2 Å². The first kappa shape index (κ1) is 14.4. The van der Waals surface area contributed by atoms with Gasteiger partial charge in [-0.1, -0.05) is 28.9 Å². The Balaban J connectivity index is 1.71. The van der Waals surface area contributed by atoms with Gasteiger partial charge in [-0.05, 0) is 24.6 Å². The number of rotatable bonds is 2. The maximum atomic E-state index is 12.6. The molecule has 0 saturated carbocycles. The fraction of sp³-hybridized carbons (Fsp3) is 0.467. The molecule has 1 fully saturated rings. The van der Waals surface area contributed by atoms with Gasteiger partial charge >= 0.3 is 0 Å². The average molecular weight is 309 g/mol. The van der Waals surface area contributed by atoms with Crippen molar-refractivity contribution >= 4 is 23.2 Å². The lowest BCUT2D eigenvalue weighted by Gasteiger charge is -2.32. The van der Waals surface area contributed by atoms with Crippen molar-refractivity contribution in [1.29, 1.82) is 0 Å². The monoisotopic (exact) mass is 308 g/mol. The Hall–Kier alpha value is -1.59. The van der Waals surface area contributed by atoms with E-state index < -0.39 is 5.60 Å². The van der Waals surface area contributed by atoms with Gasteiger partial charge in [-0.2, -0.15) is 0 Å². The molecule has 3 rings (SSSR count). The summed E-state index contributed by atoms with van der Waals surface area (Å²) in [5.41, 5.74) is 0.778. The number of ether oxygens (including phenoxy) is 1. The maximum absolute atomic E-state index is 12.6. The average Bonchev–Trinajstić information content (AvgIpc) is 2.92. The second-order valence-corrected chi connectivity index (χ2v) is 5.88. The van der Waals surface area contributed by atoms with Crippen LogP contribution in [-0.2, 0) is 14.4 Å². The summed E-state index contributed by atoms with van der Waals surface area (Å²) in [4.78, 5) is 19.9. The molecule has 1 unspecified atom stereocenters. The van der Waals surface area contributed by atoms with Crippen molar-refractivity contribution in [3.8, 4) is 0 Å². The van der Waals surface area contributed by atoms with Gasteiger partial charge in [-0.3, -0.25) is 4.79 Å². The summed E-state index contributed by atoms with van der Waals surface area (Å²) in [5, 5.41) is 4.77. The van der Waals surface area contributed by atoms with Crippen LogP contribution in [0.4, 0.5) is 0 Å². The van der Waals surface area contributed by atoms with Crippen molar-refractivity contribution in [2.75, 3.05) is 26.3 Å². The van der Waals surface area contributed by atoms with Crippen LogP contribution in [0.25, 0.3) is 0 Å². The van der Waals surface area contributed by atoms with Crippen molar-refractivity contribution in [2.45, 2.75) is 18.9 Å². The Bertz CT molecular complexity index is 567. The third-order valence-corrected chi connectivity index (χ3v) is 4.04. The number of oxime groups is 1. The molecule has 1 aromatic carbocycles. The number of carbonyl (C=O) groups is 1. The normalized spacial score (nSPS) is 25.4. The lowest BCUT2D eigenvalue weighted by Crippen LogP contribution is -2.51. The van der Waals surface area contributed by atoms with E-state index in [0.717, 1.165) is 11.3 Å². The summed E-state index contributed by atoms with van der Waals surface area (Å²) in [6.07, 6.45) is 0.463. The van der Waals surface area contributed by atoms with Crippen molar-refractivity contribution in [3.05, 3.63) is 34.9 Å². The van der Waals surface area contributed by atoms with Crippen LogP contribution in [0.15, 0.2) is 29.4 Å². The second-order valence-electron chi connectivity index (χ2n) is 5.45. The highest BCUT2D eigenvalue weighted by Gasteiger charge is 2.44. The predicted molar refractivity (Wildman–Crippen MR) is 79.5 cm³/mol. The van der Waals surface area contributed by atoms with Gasteiger partial charge < -0.3 is 14.5 Å². The number of carbonyl (C=O) groups excluding carboxylic acids is 1. The Kier molecular flexibility index (Phi) is 3.87. The Labute approximate surface area is 128 Å². The SMILES string of the molecule is CC1(C(=O)N2CCOCC2)CC(c2ccc(Cl)cc2)=NO1. The van der Waals surface area contributed by atoms with Crippen molar-refractivity contribution in [1.82, 2.24) is 4.90 Å². The van der Waals surface area contributed by atoms with Gasteiger partial charge in [0.15, 0.2) is 0 Å². The highest BCUT2D eigenvalue weighted by Crippen LogP contribution is 2.29. The van der Waals surface area contributed by atoms with Crippen LogP contribution < -0.4 is 0 Å². The third-order valence-electron chi connectivity index (χ3n) is 3.79. The Morgan fingerprint density at radius 3 is 2.62 bits per heavy atom. The highest BCUT2D eigenvalue weighted by molar-refractivity contribution is 6.30. The molecule has 112 valence electrons. The van der Waals surface area contributed by atoms with Crippen molar-refractivity contribution in [3.63, 3.8) is 0 Å². The van der Waals surface area contributed by atoms with Crippen LogP contribution in [0.1, 0.15) is 18.9 Å². The lowest BCUT2D eigenvalue weighted by atomic mass is 9.94. The molecule has 1 saturated heterocycles. The van der Waals surface area contributed by atoms with E-state index in [2.05, 4.69) is 5.16 Å². The van der Waals surface area contributed by atoms with Gasteiger partial charge in [0.2, 0.25) is 5.60 Å². The standard InChI is InChI=1S/C15H17ClN2O3/c1-15(14(19)18-6-8-20-9-7-18)10-13(17-21-15)11-2-4-12(16)5-3-11/h2-5H,6-10H2,1H3. The zero-order chi connectivity index (χ0) is 14.9. The van der Waals surface area contributed by atoms with E-state index in [0.29, 0.717) is 37.7 Å². The molecule has 0 aliphatic carbocycles. The second kappa shape index (κ2) is 5.66. The van der Waals surface area contributed by atoms with Crippen LogP contribution in [0, 0.1) is 0 Å². The predicted octanol–water partition coefficient (Wildman–Crippen LogP) is 2.08. The van der Waals surface area contributed by atoms with Gasteiger partial charge in [0.25, 0.3) is 5.91 Å². The van der Waals surface area contributed by atoms with E-state index in [-0.39, 0.29) is 5.91 Å². The molecule has 6 heteroatoms. The van der Waals surface area contributed by atoms with Crippen LogP contribution >= 0.6 is 11.6 Å². The summed E-state index contributed by atoms with van der Waals surface area (Å²) in [5.74, 6) is -0.0292. The first-order valence-electron chi connectivity index (χ1n) is 6.97. The Morgan fingerprint density at radius 1 is 1.29 bits per heavy atom. The fourth-order valence-electron chi connectivity index (χ4n) is 2.55. The van der Waals surface area contributed by atoms with E-state index >= 15 is 0 Å². The van der Waals surface area contributed by atoms with E-state index in [1.54, 1.807) is 24.0 Å². The number of nitrogens with zero attached hydrogens (tertiary/aromatic N) is 2. The molecule has 2 heterocycles. The zero-order valence-electron chi connectivity index (χ0n) is 11.8. The molecule has 1 atom stereocenters. The molecule has 0 spiro atoms. The largest absolute Gasteiger partial charge is 0.379 e. The lowest BCUT2D eigenvalue weighted by molar-refractivity contribution is -0.157. The van der Waals surface area contributed by atoms with Gasteiger partial charge in [-0.15, -0.1) is 0 Å². The molecule has 1 aromatic rings.